The van der Waals surface area contributed by atoms with E-state index >= 15 is 0 Å². The van der Waals surface area contributed by atoms with Crippen LogP contribution in [0.2, 0.25) is 0 Å². The summed E-state index contributed by atoms with van der Waals surface area (Å²) in [6.45, 7) is 2.59. The Hall–Kier alpha value is -3.48. The van der Waals surface area contributed by atoms with Gasteiger partial charge in [-0.1, -0.05) is 6.07 Å². The number of hydrogen-bond donors (Lipinski definition) is 1. The fourth-order valence-corrected chi connectivity index (χ4v) is 2.79. The molecule has 0 saturated heterocycles. The molecule has 4 rings (SSSR count). The van der Waals surface area contributed by atoms with Gasteiger partial charge in [0.2, 0.25) is 0 Å². The maximum atomic E-state index is 10.8. The molecule has 7 heteroatoms. The monoisotopic (exact) mass is 333 g/mol. The van der Waals surface area contributed by atoms with Crippen LogP contribution in [-0.4, -0.2) is 19.3 Å². The highest BCUT2D eigenvalue weighted by atomic mass is 16.6. The van der Waals surface area contributed by atoms with Crippen LogP contribution in [0.25, 0.3) is 16.6 Å². The van der Waals surface area contributed by atoms with Gasteiger partial charge in [-0.2, -0.15) is 0 Å². The zero-order chi connectivity index (χ0) is 17.4. The first-order valence-electron chi connectivity index (χ1n) is 7.83. The van der Waals surface area contributed by atoms with Crippen molar-refractivity contribution in [2.75, 3.05) is 5.32 Å². The van der Waals surface area contributed by atoms with Crippen molar-refractivity contribution in [2.45, 2.75) is 13.5 Å². The Kier molecular flexibility index (Phi) is 3.53. The first-order chi connectivity index (χ1) is 12.1. The number of aromatic nitrogens is 3. The summed E-state index contributed by atoms with van der Waals surface area (Å²) < 4.78 is 2.05. The first-order valence-corrected chi connectivity index (χ1v) is 7.83. The van der Waals surface area contributed by atoms with Crippen LogP contribution in [-0.2, 0) is 6.54 Å². The molecule has 0 spiro atoms. The van der Waals surface area contributed by atoms with Crippen molar-refractivity contribution in [1.29, 1.82) is 0 Å². The predicted octanol–water partition coefficient (Wildman–Crippen LogP) is 3.71. The van der Waals surface area contributed by atoms with Crippen molar-refractivity contribution < 1.29 is 4.92 Å². The van der Waals surface area contributed by atoms with E-state index in [9.17, 15) is 10.1 Å². The number of benzene rings is 1. The van der Waals surface area contributed by atoms with Crippen molar-refractivity contribution >= 4 is 28.1 Å². The molecule has 0 amide bonds. The molecule has 0 aliphatic heterocycles. The van der Waals surface area contributed by atoms with Crippen LogP contribution in [0, 0.1) is 17.0 Å². The van der Waals surface area contributed by atoms with Gasteiger partial charge in [0.05, 0.1) is 22.7 Å². The number of anilines is 1. The molecule has 1 N–H and O–H groups in total. The molecule has 124 valence electrons. The van der Waals surface area contributed by atoms with Crippen LogP contribution < -0.4 is 5.32 Å². The lowest BCUT2D eigenvalue weighted by Crippen LogP contribution is -2.01. The van der Waals surface area contributed by atoms with Crippen molar-refractivity contribution in [3.8, 4) is 0 Å². The van der Waals surface area contributed by atoms with Crippen LogP contribution in [0.1, 0.15) is 11.4 Å². The summed E-state index contributed by atoms with van der Waals surface area (Å²) in [5, 5.41) is 14.8. The van der Waals surface area contributed by atoms with E-state index < -0.39 is 4.92 Å². The smallest absolute Gasteiger partial charge is 0.270 e. The first kappa shape index (κ1) is 15.1. The van der Waals surface area contributed by atoms with E-state index in [0.717, 1.165) is 22.4 Å². The normalized spacial score (nSPS) is 11.1. The zero-order valence-corrected chi connectivity index (χ0v) is 13.5. The number of nitrogens with zero attached hydrogens (tertiary/aromatic N) is 4. The van der Waals surface area contributed by atoms with Crippen LogP contribution >= 0.6 is 0 Å². The molecule has 0 fully saturated rings. The lowest BCUT2D eigenvalue weighted by atomic mass is 10.2. The van der Waals surface area contributed by atoms with Gasteiger partial charge in [0.1, 0.15) is 11.5 Å². The Bertz CT molecular complexity index is 1100. The molecular weight excluding hydrogens is 318 g/mol. The second-order valence-corrected chi connectivity index (χ2v) is 5.81. The summed E-state index contributed by atoms with van der Waals surface area (Å²) in [4.78, 5) is 19.5. The summed E-state index contributed by atoms with van der Waals surface area (Å²) in [7, 11) is 0. The van der Waals surface area contributed by atoms with Gasteiger partial charge in [0, 0.05) is 29.4 Å². The number of hydrogen-bond acceptors (Lipinski definition) is 5. The number of rotatable bonds is 4. The standard InChI is InChI=1S/C18H15N5O2/c1-12-3-2-4-18-20-14(11-22(12)18)10-19-17-8-5-13-9-15(23(24)25)6-7-16(13)21-17/h2-9,11H,10H2,1H3,(H,19,21). The van der Waals surface area contributed by atoms with Crippen LogP contribution in [0.3, 0.4) is 0 Å². The fourth-order valence-electron chi connectivity index (χ4n) is 2.79. The predicted molar refractivity (Wildman–Crippen MR) is 95.7 cm³/mol. The molecular formula is C18H15N5O2. The van der Waals surface area contributed by atoms with Crippen LogP contribution in [0.4, 0.5) is 11.5 Å². The molecule has 0 bridgehead atoms. The third-order valence-corrected chi connectivity index (χ3v) is 4.08. The Morgan fingerprint density at radius 1 is 1.16 bits per heavy atom. The maximum Gasteiger partial charge on any atom is 0.270 e. The van der Waals surface area contributed by atoms with Gasteiger partial charge >= 0.3 is 0 Å². The number of nitro groups is 1. The molecule has 0 atom stereocenters. The number of pyridine rings is 2. The van der Waals surface area contributed by atoms with Crippen LogP contribution in [0.15, 0.2) is 54.7 Å². The molecule has 0 radical (unpaired) electrons. The highest BCUT2D eigenvalue weighted by molar-refractivity contribution is 5.82. The number of aryl methyl sites for hydroxylation is 1. The van der Waals surface area contributed by atoms with Crippen molar-refractivity contribution in [3.05, 3.63) is 76.2 Å². The van der Waals surface area contributed by atoms with Crippen molar-refractivity contribution in [1.82, 2.24) is 14.4 Å². The van der Waals surface area contributed by atoms with E-state index in [0.29, 0.717) is 17.9 Å². The quantitative estimate of drug-likeness (QED) is 0.454. The average Bonchev–Trinajstić information content (AvgIpc) is 3.04. The summed E-state index contributed by atoms with van der Waals surface area (Å²) >= 11 is 0. The number of non-ortho nitro benzene ring substituents is 1. The third-order valence-electron chi connectivity index (χ3n) is 4.08. The Morgan fingerprint density at radius 2 is 2.04 bits per heavy atom. The van der Waals surface area contributed by atoms with E-state index in [1.54, 1.807) is 6.07 Å². The minimum atomic E-state index is -0.406. The largest absolute Gasteiger partial charge is 0.364 e. The van der Waals surface area contributed by atoms with E-state index in [1.165, 1.54) is 12.1 Å². The Labute approximate surface area is 143 Å². The zero-order valence-electron chi connectivity index (χ0n) is 13.5. The summed E-state index contributed by atoms with van der Waals surface area (Å²) in [6.07, 6.45) is 2.00. The molecule has 0 aliphatic rings. The highest BCUT2D eigenvalue weighted by Crippen LogP contribution is 2.21. The fraction of sp³-hybridized carbons (Fsp3) is 0.111. The molecule has 0 saturated carbocycles. The van der Waals surface area contributed by atoms with E-state index in [1.807, 2.05) is 47.9 Å². The van der Waals surface area contributed by atoms with E-state index in [4.69, 9.17) is 0 Å². The lowest BCUT2D eigenvalue weighted by molar-refractivity contribution is -0.384. The van der Waals surface area contributed by atoms with Gasteiger partial charge in [0.15, 0.2) is 0 Å². The van der Waals surface area contributed by atoms with Crippen LogP contribution in [0.5, 0.6) is 0 Å². The topological polar surface area (TPSA) is 85.4 Å². The highest BCUT2D eigenvalue weighted by Gasteiger charge is 2.08. The summed E-state index contributed by atoms with van der Waals surface area (Å²) in [5.41, 5.74) is 3.73. The van der Waals surface area contributed by atoms with Gasteiger partial charge in [-0.15, -0.1) is 0 Å². The van der Waals surface area contributed by atoms with Gasteiger partial charge in [0.25, 0.3) is 5.69 Å². The minimum Gasteiger partial charge on any atom is -0.364 e. The summed E-state index contributed by atoms with van der Waals surface area (Å²) in [6, 6.07) is 14.3. The second-order valence-electron chi connectivity index (χ2n) is 5.81. The molecule has 4 aromatic rings. The SMILES string of the molecule is Cc1cccc2nc(CNc3ccc4cc([N+](=O)[O-])ccc4n3)cn12. The minimum absolute atomic E-state index is 0.0649. The number of fused-ring (bicyclic) bond motifs is 2. The van der Waals surface area contributed by atoms with E-state index in [2.05, 4.69) is 15.3 Å². The Balaban J connectivity index is 1.56. The van der Waals surface area contributed by atoms with Gasteiger partial charge in [-0.25, -0.2) is 9.97 Å². The molecule has 0 aliphatic carbocycles. The second kappa shape index (κ2) is 5.86. The number of nitrogens with one attached hydrogen (secondary N) is 1. The molecule has 1 aromatic carbocycles. The summed E-state index contributed by atoms with van der Waals surface area (Å²) in [5.74, 6) is 0.704. The van der Waals surface area contributed by atoms with Crippen molar-refractivity contribution in [2.24, 2.45) is 0 Å². The lowest BCUT2D eigenvalue weighted by Gasteiger charge is -2.05. The third kappa shape index (κ3) is 2.87. The van der Waals surface area contributed by atoms with Crippen molar-refractivity contribution in [3.63, 3.8) is 0 Å². The molecule has 3 aromatic heterocycles. The molecule has 0 unspecified atom stereocenters. The van der Waals surface area contributed by atoms with Gasteiger partial charge in [-0.05, 0) is 37.3 Å². The maximum absolute atomic E-state index is 10.8. The number of imidazole rings is 1. The molecule has 25 heavy (non-hydrogen) atoms. The van der Waals surface area contributed by atoms with E-state index in [-0.39, 0.29) is 5.69 Å². The Morgan fingerprint density at radius 3 is 2.84 bits per heavy atom. The average molecular weight is 333 g/mol. The van der Waals surface area contributed by atoms with Gasteiger partial charge < -0.3 is 9.72 Å². The molecule has 3 heterocycles. The van der Waals surface area contributed by atoms with Gasteiger partial charge in [-0.3, -0.25) is 10.1 Å². The number of nitro benzene ring substituents is 1. The molecule has 7 nitrogen and oxygen atoms in total.